The first-order valence-corrected chi connectivity index (χ1v) is 11.7. The molecule has 1 unspecified atom stereocenters. The Morgan fingerprint density at radius 1 is 1.22 bits per heavy atom. The number of amides is 2. The Hall–Kier alpha value is -2.77. The Balaban J connectivity index is 1.48. The molecule has 0 saturated carbocycles. The molecule has 0 radical (unpaired) electrons. The van der Waals surface area contributed by atoms with E-state index in [2.05, 4.69) is 34.1 Å². The third kappa shape index (κ3) is 4.84. The van der Waals surface area contributed by atoms with Crippen LogP contribution in [-0.4, -0.2) is 65.9 Å². The monoisotopic (exact) mass is 435 g/mol. The Morgan fingerprint density at radius 3 is 2.91 bits per heavy atom. The number of likely N-dealkylation sites (tertiary alicyclic amines) is 1. The maximum absolute atomic E-state index is 13.5. The Bertz CT molecular complexity index is 963. The fourth-order valence-corrected chi connectivity index (χ4v) is 4.68. The number of carbonyl (C=O) groups excluding carboxylic acids is 2. The van der Waals surface area contributed by atoms with Gasteiger partial charge in [-0.2, -0.15) is 0 Å². The molecule has 1 saturated heterocycles. The number of aromatic nitrogens is 1. The molecule has 2 aliphatic rings. The number of hydrogen-bond acceptors (Lipinski definition) is 5. The third-order valence-electron chi connectivity index (χ3n) is 6.53. The summed E-state index contributed by atoms with van der Waals surface area (Å²) in [6.45, 7) is 6.34. The van der Waals surface area contributed by atoms with Crippen molar-refractivity contribution in [3.05, 3.63) is 48.2 Å². The van der Waals surface area contributed by atoms with Gasteiger partial charge in [-0.3, -0.25) is 19.4 Å². The van der Waals surface area contributed by atoms with Crippen molar-refractivity contribution in [3.8, 4) is 0 Å². The molecule has 1 fully saturated rings. The van der Waals surface area contributed by atoms with E-state index < -0.39 is 0 Å². The summed E-state index contributed by atoms with van der Waals surface area (Å²) in [5.74, 6) is 0.228. The Kier molecular flexibility index (Phi) is 7.17. The van der Waals surface area contributed by atoms with Gasteiger partial charge < -0.3 is 10.2 Å². The van der Waals surface area contributed by atoms with Crippen molar-refractivity contribution in [3.63, 3.8) is 0 Å². The first-order valence-electron chi connectivity index (χ1n) is 11.7. The first-order chi connectivity index (χ1) is 15.6. The van der Waals surface area contributed by atoms with Crippen LogP contribution in [0.2, 0.25) is 0 Å². The van der Waals surface area contributed by atoms with E-state index in [-0.39, 0.29) is 11.8 Å². The minimum Gasteiger partial charge on any atom is -0.319 e. The molecule has 1 N–H and O–H groups in total. The van der Waals surface area contributed by atoms with Crippen LogP contribution in [0.25, 0.3) is 0 Å². The number of carbonyl (C=O) groups is 2. The van der Waals surface area contributed by atoms with Gasteiger partial charge >= 0.3 is 0 Å². The van der Waals surface area contributed by atoms with Crippen molar-refractivity contribution in [1.82, 2.24) is 14.8 Å². The predicted molar refractivity (Wildman–Crippen MR) is 127 cm³/mol. The number of para-hydroxylation sites is 1. The number of rotatable bonds is 7. The lowest BCUT2D eigenvalue weighted by Crippen LogP contribution is -2.46. The van der Waals surface area contributed by atoms with Gasteiger partial charge in [0.15, 0.2) is 5.82 Å². The highest BCUT2D eigenvalue weighted by Gasteiger charge is 2.30. The van der Waals surface area contributed by atoms with Gasteiger partial charge in [-0.25, -0.2) is 4.98 Å². The number of nitrogens with one attached hydrogen (secondary N) is 1. The molecule has 4 rings (SSSR count). The molecule has 7 heteroatoms. The van der Waals surface area contributed by atoms with Gasteiger partial charge in [-0.15, -0.1) is 0 Å². The quantitative estimate of drug-likeness (QED) is 0.714. The van der Waals surface area contributed by atoms with Crippen LogP contribution in [0.3, 0.4) is 0 Å². The van der Waals surface area contributed by atoms with Crippen LogP contribution in [0.4, 0.5) is 17.2 Å². The van der Waals surface area contributed by atoms with Crippen molar-refractivity contribution in [2.24, 2.45) is 0 Å². The number of pyridine rings is 1. The van der Waals surface area contributed by atoms with Gasteiger partial charge in [-0.05, 0) is 70.2 Å². The topological polar surface area (TPSA) is 68.8 Å². The molecule has 3 heterocycles. The zero-order valence-corrected chi connectivity index (χ0v) is 19.1. The summed E-state index contributed by atoms with van der Waals surface area (Å²) < 4.78 is 0. The van der Waals surface area contributed by atoms with E-state index >= 15 is 0 Å². The maximum atomic E-state index is 13.5. The van der Waals surface area contributed by atoms with E-state index in [1.54, 1.807) is 29.3 Å². The largest absolute Gasteiger partial charge is 0.319 e. The van der Waals surface area contributed by atoms with Crippen molar-refractivity contribution in [2.45, 2.75) is 45.1 Å². The fourth-order valence-electron chi connectivity index (χ4n) is 4.68. The van der Waals surface area contributed by atoms with Crippen LogP contribution in [0.1, 0.15) is 49.4 Å². The summed E-state index contributed by atoms with van der Waals surface area (Å²) in [5.41, 5.74) is 1.63. The highest BCUT2D eigenvalue weighted by molar-refractivity contribution is 6.17. The van der Waals surface area contributed by atoms with Gasteiger partial charge in [0, 0.05) is 25.2 Å². The lowest BCUT2D eigenvalue weighted by molar-refractivity contribution is -0.118. The number of fused-ring (bicyclic) bond motifs is 2. The maximum Gasteiger partial charge on any atom is 0.257 e. The average Bonchev–Trinajstić information content (AvgIpc) is 2.94. The molecule has 32 heavy (non-hydrogen) atoms. The molecule has 2 amide bonds. The molecule has 0 spiro atoms. The van der Waals surface area contributed by atoms with Crippen molar-refractivity contribution in [2.75, 3.05) is 43.4 Å². The number of benzene rings is 1. The predicted octanol–water partition coefficient (Wildman–Crippen LogP) is 3.90. The number of likely N-dealkylation sites (N-methyl/N-ethyl adjacent to an activating group) is 1. The number of anilines is 3. The average molecular weight is 436 g/mol. The summed E-state index contributed by atoms with van der Waals surface area (Å²) in [4.78, 5) is 37.1. The van der Waals surface area contributed by atoms with Gasteiger partial charge in [0.2, 0.25) is 5.91 Å². The minimum atomic E-state index is -0.221. The van der Waals surface area contributed by atoms with Crippen molar-refractivity contribution in [1.29, 1.82) is 0 Å². The molecular formula is C25H33N5O2. The molecule has 7 nitrogen and oxygen atoms in total. The summed E-state index contributed by atoms with van der Waals surface area (Å²) in [5, 5.41) is 2.89. The highest BCUT2D eigenvalue weighted by Crippen LogP contribution is 2.36. The molecule has 1 aromatic heterocycles. The molecular weight excluding hydrogens is 402 g/mol. The minimum absolute atomic E-state index is 0.0341. The number of piperidine rings is 1. The van der Waals surface area contributed by atoms with E-state index in [1.807, 2.05) is 18.2 Å². The van der Waals surface area contributed by atoms with E-state index in [4.69, 9.17) is 0 Å². The summed E-state index contributed by atoms with van der Waals surface area (Å²) >= 11 is 0. The molecule has 1 aromatic carbocycles. The van der Waals surface area contributed by atoms with E-state index in [0.717, 1.165) is 32.6 Å². The zero-order chi connectivity index (χ0) is 22.5. The lowest BCUT2D eigenvalue weighted by Gasteiger charge is -2.37. The summed E-state index contributed by atoms with van der Waals surface area (Å²) in [6.07, 6.45) is 6.58. The van der Waals surface area contributed by atoms with Gasteiger partial charge in [0.25, 0.3) is 5.91 Å². The Morgan fingerprint density at radius 2 is 2.06 bits per heavy atom. The van der Waals surface area contributed by atoms with E-state index in [9.17, 15) is 9.59 Å². The molecule has 2 aromatic rings. The highest BCUT2D eigenvalue weighted by atomic mass is 16.2. The van der Waals surface area contributed by atoms with E-state index in [0.29, 0.717) is 35.2 Å². The molecule has 170 valence electrons. The zero-order valence-electron chi connectivity index (χ0n) is 19.1. The second-order valence-corrected chi connectivity index (χ2v) is 8.72. The van der Waals surface area contributed by atoms with Crippen LogP contribution in [0.15, 0.2) is 42.6 Å². The van der Waals surface area contributed by atoms with E-state index in [1.165, 1.54) is 19.3 Å². The molecule has 0 aliphatic carbocycles. The second-order valence-electron chi connectivity index (χ2n) is 8.72. The summed E-state index contributed by atoms with van der Waals surface area (Å²) in [6, 6.07) is 11.3. The second kappa shape index (κ2) is 10.2. The van der Waals surface area contributed by atoms with Crippen LogP contribution in [0.5, 0.6) is 0 Å². The molecule has 1 atom stereocenters. The van der Waals surface area contributed by atoms with Crippen LogP contribution >= 0.6 is 0 Å². The van der Waals surface area contributed by atoms with Gasteiger partial charge in [0.1, 0.15) is 0 Å². The molecule has 2 aliphatic heterocycles. The number of nitrogens with zero attached hydrogens (tertiary/aromatic N) is 4. The van der Waals surface area contributed by atoms with Crippen LogP contribution in [0, 0.1) is 0 Å². The first kappa shape index (κ1) is 22.4. The third-order valence-corrected chi connectivity index (χ3v) is 6.53. The molecule has 0 bridgehead atoms. The van der Waals surface area contributed by atoms with Gasteiger partial charge in [0.05, 0.1) is 16.9 Å². The summed E-state index contributed by atoms with van der Waals surface area (Å²) in [7, 11) is 2.17. The standard InChI is InChI=1S/C25H33N5O2/c1-3-28(2)18-19-10-6-7-16-29(19)17-9-14-23(31)30-22-13-5-4-11-20(22)25(32)27-21-12-8-15-26-24(21)30/h4-5,8,11-13,15,19H,3,6-7,9-10,14,16-18H2,1-2H3,(H,27,32). The van der Waals surface area contributed by atoms with Gasteiger partial charge in [-0.1, -0.05) is 25.5 Å². The fraction of sp³-hybridized carbons (Fsp3) is 0.480. The van der Waals surface area contributed by atoms with Crippen LogP contribution in [-0.2, 0) is 4.79 Å². The Labute approximate surface area is 190 Å². The normalized spacial score (nSPS) is 18.7. The van der Waals surface area contributed by atoms with Crippen molar-refractivity contribution < 1.29 is 9.59 Å². The van der Waals surface area contributed by atoms with Crippen molar-refractivity contribution >= 4 is 29.0 Å². The number of hydrogen-bond donors (Lipinski definition) is 1. The lowest BCUT2D eigenvalue weighted by atomic mass is 10.0. The smallest absolute Gasteiger partial charge is 0.257 e. The SMILES string of the molecule is CCN(C)CC1CCCCN1CCCC(=O)N1c2ccccc2C(=O)Nc2cccnc21. The van der Waals surface area contributed by atoms with Crippen LogP contribution < -0.4 is 10.2 Å².